The number of piperidine rings is 1. The van der Waals surface area contributed by atoms with Crippen LogP contribution in [0.3, 0.4) is 0 Å². The Morgan fingerprint density at radius 2 is 2.00 bits per heavy atom. The Balaban J connectivity index is 1.55. The van der Waals surface area contributed by atoms with Crippen LogP contribution in [0.2, 0.25) is 0 Å². The topological polar surface area (TPSA) is 90.3 Å². The second kappa shape index (κ2) is 11.3. The largest absolute Gasteiger partial charge is 0.504 e. The lowest BCUT2D eigenvalue weighted by Crippen LogP contribution is -2.65. The van der Waals surface area contributed by atoms with Crippen LogP contribution < -0.4 is 4.74 Å². The van der Waals surface area contributed by atoms with Gasteiger partial charge in [0.25, 0.3) is 5.91 Å². The summed E-state index contributed by atoms with van der Waals surface area (Å²) in [7, 11) is 1.54. The van der Waals surface area contributed by atoms with Gasteiger partial charge in [0.05, 0.1) is 19.1 Å². The number of allylic oxidation sites excluding steroid dienone is 1. The van der Waals surface area contributed by atoms with Crippen LogP contribution in [0.25, 0.3) is 0 Å². The van der Waals surface area contributed by atoms with Crippen LogP contribution in [0.1, 0.15) is 77.2 Å². The molecule has 2 N–H and O–H groups in total. The van der Waals surface area contributed by atoms with Crippen molar-refractivity contribution in [1.82, 2.24) is 9.80 Å². The van der Waals surface area contributed by atoms with E-state index < -0.39 is 5.60 Å². The number of aliphatic hydroxyl groups is 1. The number of rotatable bonds is 9. The number of benzene rings is 1. The van der Waals surface area contributed by atoms with Gasteiger partial charge in [-0.15, -0.1) is 0 Å². The number of phenolic OH excluding ortho intramolecular Hbond substituents is 1. The number of hydrogen-bond acceptors (Lipinski definition) is 6. The maximum Gasteiger partial charge on any atom is 0.256 e. The number of unbranched alkanes of at least 4 members (excludes halogenated alkanes) is 2. The first-order valence-electron chi connectivity index (χ1n) is 13.7. The van der Waals surface area contributed by atoms with E-state index in [1.54, 1.807) is 13.2 Å². The van der Waals surface area contributed by atoms with E-state index in [2.05, 4.69) is 18.7 Å². The van der Waals surface area contributed by atoms with Crippen molar-refractivity contribution in [2.45, 2.75) is 95.7 Å². The molecule has 2 saturated heterocycles. The fraction of sp³-hybridized carbons (Fsp3) is 0.655. The van der Waals surface area contributed by atoms with Crippen LogP contribution >= 0.6 is 0 Å². The summed E-state index contributed by atoms with van der Waals surface area (Å²) in [4.78, 5) is 29.8. The number of fused-ring (bicyclic) bond motifs is 1. The van der Waals surface area contributed by atoms with Crippen LogP contribution in [-0.2, 0) is 16.0 Å². The highest BCUT2D eigenvalue weighted by Crippen LogP contribution is 2.46. The van der Waals surface area contributed by atoms with Gasteiger partial charge in [-0.2, -0.15) is 0 Å². The lowest BCUT2D eigenvalue weighted by Gasteiger charge is -2.55. The quantitative estimate of drug-likeness (QED) is 0.392. The molecular weight excluding hydrogens is 456 g/mol. The zero-order valence-corrected chi connectivity index (χ0v) is 22.0. The van der Waals surface area contributed by atoms with Gasteiger partial charge in [-0.05, 0) is 81.6 Å². The molecule has 3 fully saturated rings. The predicted octanol–water partition coefficient (Wildman–Crippen LogP) is 4.20. The van der Waals surface area contributed by atoms with Gasteiger partial charge in [0, 0.05) is 17.7 Å². The monoisotopic (exact) mass is 498 g/mol. The molecule has 0 bridgehead atoms. The molecule has 2 amide bonds. The van der Waals surface area contributed by atoms with Gasteiger partial charge in [-0.1, -0.05) is 38.8 Å². The van der Waals surface area contributed by atoms with E-state index >= 15 is 0 Å². The molecular formula is C29H42N2O5. The molecule has 7 heteroatoms. The number of hydrogen-bond donors (Lipinski definition) is 2. The number of aromatic hydroxyl groups is 1. The van der Waals surface area contributed by atoms with Crippen molar-refractivity contribution in [2.24, 2.45) is 5.92 Å². The van der Waals surface area contributed by atoms with Crippen molar-refractivity contribution in [1.29, 1.82) is 0 Å². The summed E-state index contributed by atoms with van der Waals surface area (Å²) in [5, 5.41) is 22.2. The lowest BCUT2D eigenvalue weighted by molar-refractivity contribution is -0.161. The number of phenols is 1. The molecule has 0 aromatic heterocycles. The normalized spacial score (nSPS) is 30.2. The van der Waals surface area contributed by atoms with Gasteiger partial charge in [-0.3, -0.25) is 19.4 Å². The number of nitrogens with zero attached hydrogens (tertiary/aromatic N) is 2. The Morgan fingerprint density at radius 1 is 1.19 bits per heavy atom. The lowest BCUT2D eigenvalue weighted by atomic mass is 9.64. The Morgan fingerprint density at radius 3 is 2.72 bits per heavy atom. The molecule has 3 unspecified atom stereocenters. The van der Waals surface area contributed by atoms with Crippen LogP contribution in [0.15, 0.2) is 29.8 Å². The van der Waals surface area contributed by atoms with Gasteiger partial charge in [0.15, 0.2) is 11.5 Å². The van der Waals surface area contributed by atoms with Crippen molar-refractivity contribution >= 4 is 11.8 Å². The van der Waals surface area contributed by atoms with Gasteiger partial charge in [0.2, 0.25) is 5.91 Å². The molecule has 1 aromatic rings. The van der Waals surface area contributed by atoms with E-state index in [4.69, 9.17) is 4.74 Å². The molecule has 4 atom stereocenters. The summed E-state index contributed by atoms with van der Waals surface area (Å²) in [6.45, 7) is 6.07. The van der Waals surface area contributed by atoms with Gasteiger partial charge >= 0.3 is 0 Å². The van der Waals surface area contributed by atoms with E-state index in [1.165, 1.54) is 4.90 Å². The first-order chi connectivity index (χ1) is 17.3. The molecule has 4 rings (SSSR count). The van der Waals surface area contributed by atoms with Crippen molar-refractivity contribution in [3.05, 3.63) is 35.4 Å². The van der Waals surface area contributed by atoms with Crippen molar-refractivity contribution < 1.29 is 24.5 Å². The number of carbonyl (C=O) groups is 2. The SMILES string of the molecule is CCC/C=C1\CC(=O)N(C2CCC3(O)C(CCN(CCCC)[C@@H]3Cc3ccc(O)c(OC)c3)C2)C1=O. The van der Waals surface area contributed by atoms with E-state index in [1.807, 2.05) is 18.2 Å². The molecule has 0 radical (unpaired) electrons. The number of ether oxygens (including phenoxy) is 1. The second-order valence-corrected chi connectivity index (χ2v) is 10.8. The summed E-state index contributed by atoms with van der Waals surface area (Å²) >= 11 is 0. The minimum Gasteiger partial charge on any atom is -0.504 e. The smallest absolute Gasteiger partial charge is 0.256 e. The van der Waals surface area contributed by atoms with Gasteiger partial charge in [0.1, 0.15) is 0 Å². The molecule has 198 valence electrons. The van der Waals surface area contributed by atoms with Crippen molar-refractivity contribution in [3.8, 4) is 11.5 Å². The summed E-state index contributed by atoms with van der Waals surface area (Å²) < 4.78 is 5.32. The fourth-order valence-electron chi connectivity index (χ4n) is 6.53. The third-order valence-electron chi connectivity index (χ3n) is 8.54. The summed E-state index contributed by atoms with van der Waals surface area (Å²) in [5.74, 6) is 0.358. The molecule has 2 aliphatic heterocycles. The Kier molecular flexibility index (Phi) is 8.41. The molecule has 1 aromatic carbocycles. The fourth-order valence-corrected chi connectivity index (χ4v) is 6.53. The van der Waals surface area contributed by atoms with Crippen LogP contribution in [0, 0.1) is 5.92 Å². The molecule has 1 aliphatic carbocycles. The maximum atomic E-state index is 13.1. The Bertz CT molecular complexity index is 992. The summed E-state index contributed by atoms with van der Waals surface area (Å²) in [6.07, 6.45) is 9.43. The highest BCUT2D eigenvalue weighted by molar-refractivity contribution is 6.13. The number of imide groups is 1. The van der Waals surface area contributed by atoms with Gasteiger partial charge < -0.3 is 14.9 Å². The Labute approximate surface area is 215 Å². The van der Waals surface area contributed by atoms with Crippen LogP contribution in [0.5, 0.6) is 11.5 Å². The zero-order valence-electron chi connectivity index (χ0n) is 22.0. The van der Waals surface area contributed by atoms with E-state index in [-0.39, 0.29) is 42.0 Å². The third kappa shape index (κ3) is 5.18. The third-order valence-corrected chi connectivity index (χ3v) is 8.54. The molecule has 3 aliphatic rings. The van der Waals surface area contributed by atoms with Crippen molar-refractivity contribution in [3.63, 3.8) is 0 Å². The van der Waals surface area contributed by atoms with Crippen molar-refractivity contribution in [2.75, 3.05) is 20.2 Å². The van der Waals surface area contributed by atoms with E-state index in [9.17, 15) is 19.8 Å². The van der Waals surface area contributed by atoms with Crippen LogP contribution in [0.4, 0.5) is 0 Å². The van der Waals surface area contributed by atoms with Crippen LogP contribution in [-0.4, -0.2) is 69.7 Å². The zero-order chi connectivity index (χ0) is 25.9. The predicted molar refractivity (Wildman–Crippen MR) is 139 cm³/mol. The first-order valence-corrected chi connectivity index (χ1v) is 13.7. The molecule has 36 heavy (non-hydrogen) atoms. The standard InChI is InChI=1S/C29H42N2O5/c1-4-6-8-21-18-27(33)31(28(21)34)23-11-13-29(35)22(19-23)12-15-30(14-7-5-2)26(29)17-20-9-10-24(32)25(16-20)36-3/h8-10,16,22-23,26,32,35H,4-7,11-15,17-19H2,1-3H3/b21-8+/t22?,23?,26-,29?/m1/s1. The molecule has 2 heterocycles. The average molecular weight is 499 g/mol. The number of carbonyl (C=O) groups excluding carboxylic acids is 2. The minimum absolute atomic E-state index is 0.0300. The number of likely N-dealkylation sites (tertiary alicyclic amines) is 2. The minimum atomic E-state index is -0.889. The summed E-state index contributed by atoms with van der Waals surface area (Å²) in [6, 6.07) is 5.21. The van der Waals surface area contributed by atoms with E-state index in [0.717, 1.165) is 50.8 Å². The second-order valence-electron chi connectivity index (χ2n) is 10.8. The number of amides is 2. The first kappa shape index (κ1) is 26.7. The number of methoxy groups -OCH3 is 1. The molecule has 1 saturated carbocycles. The molecule has 0 spiro atoms. The average Bonchev–Trinajstić information content (AvgIpc) is 3.15. The maximum absolute atomic E-state index is 13.1. The Hall–Kier alpha value is -2.38. The highest BCUT2D eigenvalue weighted by Gasteiger charge is 2.54. The van der Waals surface area contributed by atoms with E-state index in [0.29, 0.717) is 37.0 Å². The highest BCUT2D eigenvalue weighted by atomic mass is 16.5. The van der Waals surface area contributed by atoms with Gasteiger partial charge in [-0.25, -0.2) is 0 Å². The molecule has 7 nitrogen and oxygen atoms in total. The summed E-state index contributed by atoms with van der Waals surface area (Å²) in [5.41, 5.74) is 0.763.